The highest BCUT2D eigenvalue weighted by Gasteiger charge is 2.44. The van der Waals surface area contributed by atoms with Crippen molar-refractivity contribution in [2.24, 2.45) is 21.7 Å². The second-order valence-electron chi connectivity index (χ2n) is 28.3. The summed E-state index contributed by atoms with van der Waals surface area (Å²) >= 11 is 0. The van der Waals surface area contributed by atoms with Gasteiger partial charge in [0.05, 0.1) is 0 Å². The highest BCUT2D eigenvalue weighted by Crippen LogP contribution is 2.25. The first-order valence-corrected chi connectivity index (χ1v) is 45.8. The van der Waals surface area contributed by atoms with Crippen molar-refractivity contribution in [3.8, 4) is 0 Å². The van der Waals surface area contributed by atoms with Crippen LogP contribution in [0.2, 0.25) is 24.2 Å². The van der Waals surface area contributed by atoms with E-state index in [0.29, 0.717) is 129 Å². The third-order valence-corrected chi connectivity index (χ3v) is 28.9. The van der Waals surface area contributed by atoms with E-state index in [0.717, 1.165) is 0 Å². The molecule has 0 aromatic rings. The van der Waals surface area contributed by atoms with E-state index in [9.17, 15) is 38.4 Å². The monoisotopic (exact) mass is 1560 g/mol. The molecular weight excluding hydrogens is 1420 g/mol. The molecule has 1 fully saturated rings. The molecule has 12 amide bonds. The molecule has 1 saturated heterocycles. The van der Waals surface area contributed by atoms with Crippen molar-refractivity contribution in [1.82, 2.24) is 62.1 Å². The number of urea groups is 4. The first kappa shape index (κ1) is 97.4. The second-order valence-corrected chi connectivity index (χ2v) is 39.3. The lowest BCUT2D eigenvalue weighted by atomic mass is 9.91. The summed E-state index contributed by atoms with van der Waals surface area (Å²) in [7, 11) is -12.3. The van der Waals surface area contributed by atoms with Crippen LogP contribution in [0.25, 0.3) is 0 Å². The summed E-state index contributed by atoms with van der Waals surface area (Å²) in [5.74, 6) is -3.70. The second kappa shape index (κ2) is 50.9. The van der Waals surface area contributed by atoms with Crippen LogP contribution in [0.3, 0.4) is 0 Å². The van der Waals surface area contributed by atoms with Crippen LogP contribution in [0.1, 0.15) is 164 Å². The van der Waals surface area contributed by atoms with Gasteiger partial charge in [-0.2, -0.15) is 0 Å². The van der Waals surface area contributed by atoms with Gasteiger partial charge in [-0.1, -0.05) is 55.4 Å². The maximum atomic E-state index is 14.6. The van der Waals surface area contributed by atoms with Gasteiger partial charge in [0.15, 0.2) is 0 Å². The third kappa shape index (κ3) is 38.4. The molecule has 32 nitrogen and oxygen atoms in total. The van der Waals surface area contributed by atoms with Crippen LogP contribution in [-0.4, -0.2) is 287 Å². The van der Waals surface area contributed by atoms with Gasteiger partial charge in [-0.25, -0.2) is 19.2 Å². The molecule has 0 spiro atoms. The van der Waals surface area contributed by atoms with Gasteiger partial charge in [-0.15, -0.1) is 0 Å². The normalized spacial score (nSPS) is 17.6. The van der Waals surface area contributed by atoms with E-state index >= 15 is 0 Å². The number of amides is 12. The topological polar surface area (TPSA) is 357 Å². The molecule has 0 aliphatic carbocycles. The fourth-order valence-electron chi connectivity index (χ4n) is 11.8. The SMILES string of the molecule is CCO[Si](CCCNC(=O)N1CCN(C(=O)NCCC[Si](OCC)(OCC)OCC)CC(C)(C)CNC(=O)C(=O)NCC(C)(C)CN(C(=O)NCCC[Si](OCC)(OCC)OCC)CCN(C(=O)NCCC[Si](OCC)(OCC)OCC)CC(C)(C)CNC(=O)C(=O)NCC(C)(C)C1)(OCC)OCC. The zero-order valence-corrected chi connectivity index (χ0v) is 71.4. The van der Waals surface area contributed by atoms with E-state index in [1.54, 1.807) is 19.6 Å². The van der Waals surface area contributed by atoms with Crippen molar-refractivity contribution in [3.05, 3.63) is 0 Å². The molecule has 1 heterocycles. The lowest BCUT2D eigenvalue weighted by Crippen LogP contribution is -2.55. The van der Waals surface area contributed by atoms with Crippen molar-refractivity contribution in [1.29, 1.82) is 0 Å². The molecule has 0 atom stereocenters. The molecule has 1 rings (SSSR count). The van der Waals surface area contributed by atoms with Crippen molar-refractivity contribution in [2.45, 2.75) is 188 Å². The molecule has 104 heavy (non-hydrogen) atoms. The van der Waals surface area contributed by atoms with Crippen LogP contribution in [0.5, 0.6) is 0 Å². The zero-order valence-electron chi connectivity index (χ0n) is 67.4. The smallest absolute Gasteiger partial charge is 0.374 e. The van der Waals surface area contributed by atoms with Gasteiger partial charge in [0, 0.05) is 208 Å². The fraction of sp³-hybridized carbons (Fsp3) is 0.882. The minimum atomic E-state index is -3.07. The standard InChI is InChI=1S/C68H140N12O20Si4/c1-21-89-101(90-22-2,91-23-3)45-33-37-69-61(85)77-41-42-78(62(86)70-38-34-46-102(92-24-4,93-25-5)94-26-6)54-66(15,16)50-74-59(83)60(84)76-52-68(19,20)56-80(64(88)72-40-36-48-104(98-30-10,99-31-11)100-32-12)44-43-79(63(87)71-39-35-47-103(95-27-7,96-28-8)97-29-9)55-67(17,18)51-75-58(82)57(81)73-49-65(13,14)53-77/h21-56H2,1-20H3,(H,69,85)(H,70,86)(H,71,87)(H,72,88)(H,73,81)(H,74,83)(H,75,82)(H,76,84). The molecule has 0 radical (unpaired) electrons. The molecule has 0 bridgehead atoms. The molecule has 0 saturated carbocycles. The summed E-state index contributed by atoms with van der Waals surface area (Å²) < 4.78 is 72.9. The van der Waals surface area contributed by atoms with Crippen LogP contribution < -0.4 is 42.5 Å². The first-order valence-electron chi connectivity index (χ1n) is 38.0. The van der Waals surface area contributed by atoms with Gasteiger partial charge >= 0.3 is 83.0 Å². The van der Waals surface area contributed by atoms with Crippen molar-refractivity contribution >= 4 is 83.0 Å². The minimum absolute atomic E-state index is 0.0109. The molecule has 36 heteroatoms. The Morgan fingerprint density at radius 1 is 0.298 bits per heavy atom. The molecule has 1 aliphatic heterocycles. The number of rotatable bonds is 40. The van der Waals surface area contributed by atoms with Gasteiger partial charge in [-0.05, 0) is 130 Å². The first-order chi connectivity index (χ1) is 49.1. The van der Waals surface area contributed by atoms with Crippen LogP contribution >= 0.6 is 0 Å². The van der Waals surface area contributed by atoms with Crippen LogP contribution in [0.15, 0.2) is 0 Å². The number of carbonyl (C=O) groups is 8. The molecule has 0 aromatic carbocycles. The van der Waals surface area contributed by atoms with Gasteiger partial charge < -0.3 is 115 Å². The number of carbonyl (C=O) groups excluding carboxylic acids is 8. The van der Waals surface area contributed by atoms with E-state index in [-0.39, 0.29) is 105 Å². The average Bonchev–Trinajstić information content (AvgIpc) is 0.857. The quantitative estimate of drug-likeness (QED) is 0.0188. The van der Waals surface area contributed by atoms with Crippen molar-refractivity contribution in [3.63, 3.8) is 0 Å². The Hall–Kier alpha value is -4.65. The predicted molar refractivity (Wildman–Crippen MR) is 407 cm³/mol. The Balaban J connectivity index is 4.03. The zero-order chi connectivity index (χ0) is 78.5. The van der Waals surface area contributed by atoms with Crippen molar-refractivity contribution in [2.75, 3.05) is 184 Å². The van der Waals surface area contributed by atoms with Gasteiger partial charge in [0.1, 0.15) is 0 Å². The van der Waals surface area contributed by atoms with Crippen LogP contribution in [-0.2, 0) is 72.3 Å². The average molecular weight is 1560 g/mol. The molecular formula is C68H140N12O20Si4. The number of nitrogens with zero attached hydrogens (tertiary/aromatic N) is 4. The van der Waals surface area contributed by atoms with E-state index in [1.165, 1.54) is 0 Å². The summed E-state index contributed by atoms with van der Waals surface area (Å²) in [5, 5.41) is 23.3. The largest absolute Gasteiger partial charge is 0.500 e. The summed E-state index contributed by atoms with van der Waals surface area (Å²) in [6, 6.07) is -0.118. The number of nitrogens with one attached hydrogen (secondary N) is 8. The number of hydrogen-bond acceptors (Lipinski definition) is 20. The summed E-state index contributed by atoms with van der Waals surface area (Å²) in [6.45, 7) is 42.5. The highest BCUT2D eigenvalue weighted by molar-refractivity contribution is 6.62. The fourth-order valence-corrected chi connectivity index (χ4v) is 22.3. The van der Waals surface area contributed by atoms with Gasteiger partial charge in [0.2, 0.25) is 0 Å². The van der Waals surface area contributed by atoms with Gasteiger partial charge in [-0.3, -0.25) is 19.2 Å². The molecule has 1 aliphatic rings. The molecule has 0 aromatic heterocycles. The Morgan fingerprint density at radius 2 is 0.442 bits per heavy atom. The highest BCUT2D eigenvalue weighted by atomic mass is 28.4. The van der Waals surface area contributed by atoms with E-state index < -0.39 is 105 Å². The molecule has 8 N–H and O–H groups in total. The summed E-state index contributed by atoms with van der Waals surface area (Å²) in [6.07, 6.45) is 1.82. The number of hydrogen-bond donors (Lipinski definition) is 8. The lowest BCUT2D eigenvalue weighted by Gasteiger charge is -2.37. The summed E-state index contributed by atoms with van der Waals surface area (Å²) in [5.41, 5.74) is -3.55. The Labute approximate surface area is 627 Å². The Morgan fingerprint density at radius 3 is 0.577 bits per heavy atom. The van der Waals surface area contributed by atoms with Gasteiger partial charge in [0.25, 0.3) is 0 Å². The third-order valence-electron chi connectivity index (χ3n) is 16.3. The minimum Gasteiger partial charge on any atom is -0.374 e. The summed E-state index contributed by atoms with van der Waals surface area (Å²) in [4.78, 5) is 120. The lowest BCUT2D eigenvalue weighted by molar-refractivity contribution is -0.139. The van der Waals surface area contributed by atoms with Crippen LogP contribution in [0.4, 0.5) is 19.2 Å². The molecule has 608 valence electrons. The van der Waals surface area contributed by atoms with Crippen molar-refractivity contribution < 1.29 is 91.5 Å². The van der Waals surface area contributed by atoms with E-state index in [2.05, 4.69) is 42.5 Å². The van der Waals surface area contributed by atoms with E-state index in [4.69, 9.17) is 53.1 Å². The van der Waals surface area contributed by atoms with Crippen LogP contribution in [0, 0.1) is 21.7 Å². The maximum Gasteiger partial charge on any atom is 0.500 e. The Kier molecular flexibility index (Phi) is 47.6. The predicted octanol–water partition coefficient (Wildman–Crippen LogP) is 6.37. The van der Waals surface area contributed by atoms with E-state index in [1.807, 2.05) is 138 Å². The molecule has 0 unspecified atom stereocenters. The Bertz CT molecular complexity index is 2110. The maximum absolute atomic E-state index is 14.6.